The third-order valence-corrected chi connectivity index (χ3v) is 4.62. The molecular formula is C18H19BClNO4. The van der Waals surface area contributed by atoms with Gasteiger partial charge in [-0.25, -0.2) is 0 Å². The van der Waals surface area contributed by atoms with Crippen molar-refractivity contribution in [3.63, 3.8) is 0 Å². The van der Waals surface area contributed by atoms with E-state index in [4.69, 9.17) is 16.3 Å². The first kappa shape index (κ1) is 17.8. The molecule has 25 heavy (non-hydrogen) atoms. The zero-order valence-electron chi connectivity index (χ0n) is 13.6. The van der Waals surface area contributed by atoms with Crippen molar-refractivity contribution in [2.45, 2.75) is 24.7 Å². The molecule has 3 N–H and O–H groups in total. The molecule has 2 unspecified atom stereocenters. The Balaban J connectivity index is 1.65. The van der Waals surface area contributed by atoms with Gasteiger partial charge in [-0.15, -0.1) is 0 Å². The van der Waals surface area contributed by atoms with Crippen LogP contribution in [0.3, 0.4) is 0 Å². The van der Waals surface area contributed by atoms with E-state index in [-0.39, 0.29) is 18.2 Å². The molecule has 130 valence electrons. The average molecular weight is 360 g/mol. The molecule has 1 amide bonds. The van der Waals surface area contributed by atoms with Crippen molar-refractivity contribution in [1.82, 2.24) is 5.32 Å². The number of halogens is 1. The van der Waals surface area contributed by atoms with Crippen molar-refractivity contribution < 1.29 is 19.6 Å². The number of carbonyl (C=O) groups is 1. The van der Waals surface area contributed by atoms with Crippen LogP contribution in [0.4, 0.5) is 0 Å². The molecule has 0 bridgehead atoms. The summed E-state index contributed by atoms with van der Waals surface area (Å²) in [5.74, 6) is -0.460. The Labute approximate surface area is 151 Å². The lowest BCUT2D eigenvalue weighted by molar-refractivity contribution is -0.120. The third kappa shape index (κ3) is 4.34. The number of rotatable bonds is 6. The summed E-state index contributed by atoms with van der Waals surface area (Å²) in [5, 5.41) is 22.6. The maximum absolute atomic E-state index is 12.2. The molecule has 0 aromatic heterocycles. The maximum atomic E-state index is 12.2. The number of hydrogen-bond acceptors (Lipinski definition) is 4. The lowest BCUT2D eigenvalue weighted by atomic mass is 9.73. The number of ether oxygens (including phenoxy) is 1. The molecule has 3 rings (SSSR count). The molecule has 0 spiro atoms. The molecule has 2 atom stereocenters. The van der Waals surface area contributed by atoms with Gasteiger partial charge >= 0.3 is 7.12 Å². The lowest BCUT2D eigenvalue weighted by Crippen LogP contribution is -2.47. The monoisotopic (exact) mass is 359 g/mol. The van der Waals surface area contributed by atoms with Crippen molar-refractivity contribution in [2.75, 3.05) is 6.61 Å². The first-order chi connectivity index (χ1) is 12.0. The number of para-hydroxylation sites is 1. The van der Waals surface area contributed by atoms with E-state index < -0.39 is 13.1 Å². The fraction of sp³-hybridized carbons (Fsp3) is 0.278. The van der Waals surface area contributed by atoms with Crippen LogP contribution in [0, 0.1) is 0 Å². The molecule has 2 aromatic rings. The number of amides is 1. The SMILES string of the molecule is O=C(Cc1ccccc1)NC(CC1COc2c(Cl)cccc21)B(O)O. The van der Waals surface area contributed by atoms with Crippen LogP contribution in [-0.2, 0) is 11.2 Å². The van der Waals surface area contributed by atoms with Crippen LogP contribution in [0.5, 0.6) is 5.75 Å². The van der Waals surface area contributed by atoms with E-state index in [1.165, 1.54) is 0 Å². The molecule has 0 aliphatic carbocycles. The van der Waals surface area contributed by atoms with Crippen molar-refractivity contribution >= 4 is 24.6 Å². The Kier molecular flexibility index (Phi) is 5.63. The molecule has 2 aromatic carbocycles. The minimum atomic E-state index is -1.65. The van der Waals surface area contributed by atoms with Crippen molar-refractivity contribution in [3.05, 3.63) is 64.7 Å². The predicted octanol–water partition coefficient (Wildman–Crippen LogP) is 1.95. The number of nitrogens with one attached hydrogen (secondary N) is 1. The largest absolute Gasteiger partial charge is 0.491 e. The fourth-order valence-corrected chi connectivity index (χ4v) is 3.31. The molecule has 0 fully saturated rings. The fourth-order valence-electron chi connectivity index (χ4n) is 3.07. The van der Waals surface area contributed by atoms with Gasteiger partial charge in [0.2, 0.25) is 5.91 Å². The van der Waals surface area contributed by atoms with Crippen LogP contribution in [0.1, 0.15) is 23.5 Å². The number of benzene rings is 2. The van der Waals surface area contributed by atoms with E-state index in [1.807, 2.05) is 42.5 Å². The lowest BCUT2D eigenvalue weighted by Gasteiger charge is -2.21. The van der Waals surface area contributed by atoms with E-state index in [1.54, 1.807) is 6.07 Å². The van der Waals surface area contributed by atoms with Gasteiger partial charge in [-0.3, -0.25) is 4.79 Å². The van der Waals surface area contributed by atoms with E-state index in [9.17, 15) is 14.8 Å². The maximum Gasteiger partial charge on any atom is 0.475 e. The second-order valence-electron chi connectivity index (χ2n) is 6.15. The quantitative estimate of drug-likeness (QED) is 0.689. The van der Waals surface area contributed by atoms with Crippen LogP contribution in [0.2, 0.25) is 5.02 Å². The highest BCUT2D eigenvalue weighted by atomic mass is 35.5. The summed E-state index contributed by atoms with van der Waals surface area (Å²) in [6, 6.07) is 14.8. The molecular weight excluding hydrogens is 340 g/mol. The molecule has 0 radical (unpaired) electrons. The molecule has 1 aliphatic heterocycles. The summed E-state index contributed by atoms with van der Waals surface area (Å²) in [5.41, 5.74) is 1.79. The minimum absolute atomic E-state index is 0.0578. The molecule has 0 saturated heterocycles. The zero-order chi connectivity index (χ0) is 17.8. The van der Waals surface area contributed by atoms with Gasteiger partial charge in [0.15, 0.2) is 0 Å². The Bertz CT molecular complexity index is 741. The van der Waals surface area contributed by atoms with Crippen LogP contribution in [0.15, 0.2) is 48.5 Å². The Morgan fingerprint density at radius 3 is 2.72 bits per heavy atom. The first-order valence-corrected chi connectivity index (χ1v) is 8.53. The second kappa shape index (κ2) is 7.91. The summed E-state index contributed by atoms with van der Waals surface area (Å²) in [6.07, 6.45) is 0.541. The van der Waals surface area contributed by atoms with Crippen molar-refractivity contribution in [3.8, 4) is 5.75 Å². The van der Waals surface area contributed by atoms with E-state index in [0.717, 1.165) is 11.1 Å². The third-order valence-electron chi connectivity index (χ3n) is 4.32. The molecule has 1 aliphatic rings. The summed E-state index contributed by atoms with van der Waals surface area (Å²) >= 11 is 6.12. The van der Waals surface area contributed by atoms with Crippen LogP contribution in [-0.4, -0.2) is 35.6 Å². The van der Waals surface area contributed by atoms with Gasteiger partial charge in [0.1, 0.15) is 5.75 Å². The van der Waals surface area contributed by atoms with Crippen LogP contribution in [0.25, 0.3) is 0 Å². The summed E-state index contributed by atoms with van der Waals surface area (Å²) in [4.78, 5) is 12.2. The number of carbonyl (C=O) groups excluding carboxylic acids is 1. The topological polar surface area (TPSA) is 78.8 Å². The Hall–Kier alpha value is -2.02. The smallest absolute Gasteiger partial charge is 0.475 e. The first-order valence-electron chi connectivity index (χ1n) is 8.15. The van der Waals surface area contributed by atoms with E-state index in [2.05, 4.69) is 5.32 Å². The predicted molar refractivity (Wildman–Crippen MR) is 96.6 cm³/mol. The molecule has 1 heterocycles. The molecule has 7 heteroatoms. The minimum Gasteiger partial charge on any atom is -0.491 e. The molecule has 0 saturated carbocycles. The van der Waals surface area contributed by atoms with Gasteiger partial charge in [0.25, 0.3) is 0 Å². The Morgan fingerprint density at radius 1 is 1.24 bits per heavy atom. The van der Waals surface area contributed by atoms with Crippen LogP contribution >= 0.6 is 11.6 Å². The van der Waals surface area contributed by atoms with Crippen molar-refractivity contribution in [2.24, 2.45) is 0 Å². The highest BCUT2D eigenvalue weighted by molar-refractivity contribution is 6.43. The normalized spacial score (nSPS) is 16.7. The number of hydrogen-bond donors (Lipinski definition) is 3. The van der Waals surface area contributed by atoms with Gasteiger partial charge in [-0.05, 0) is 18.1 Å². The zero-order valence-corrected chi connectivity index (χ0v) is 14.3. The van der Waals surface area contributed by atoms with E-state index in [0.29, 0.717) is 23.8 Å². The molecule has 5 nitrogen and oxygen atoms in total. The highest BCUT2D eigenvalue weighted by Gasteiger charge is 2.33. The summed E-state index contributed by atoms with van der Waals surface area (Å²) in [7, 11) is -1.65. The van der Waals surface area contributed by atoms with Gasteiger partial charge < -0.3 is 20.1 Å². The second-order valence-corrected chi connectivity index (χ2v) is 6.56. The van der Waals surface area contributed by atoms with Gasteiger partial charge in [-0.1, -0.05) is 54.1 Å². The van der Waals surface area contributed by atoms with Crippen molar-refractivity contribution in [1.29, 1.82) is 0 Å². The van der Waals surface area contributed by atoms with Gasteiger partial charge in [0.05, 0.1) is 24.0 Å². The number of fused-ring (bicyclic) bond motifs is 1. The van der Waals surface area contributed by atoms with E-state index >= 15 is 0 Å². The average Bonchev–Trinajstić information content (AvgIpc) is 2.99. The summed E-state index contributed by atoms with van der Waals surface area (Å²) < 4.78 is 5.62. The Morgan fingerprint density at radius 2 is 2.00 bits per heavy atom. The van der Waals surface area contributed by atoms with Gasteiger partial charge in [0, 0.05) is 11.5 Å². The van der Waals surface area contributed by atoms with Gasteiger partial charge in [-0.2, -0.15) is 0 Å². The highest BCUT2D eigenvalue weighted by Crippen LogP contribution is 2.41. The standard InChI is InChI=1S/C18H19BClNO4/c20-15-8-4-7-14-13(11-25-18(14)15)10-16(19(23)24)21-17(22)9-12-5-2-1-3-6-12/h1-8,13,16,23-24H,9-11H2,(H,21,22). The summed E-state index contributed by atoms with van der Waals surface area (Å²) in [6.45, 7) is 0.400. The van der Waals surface area contributed by atoms with Crippen LogP contribution < -0.4 is 10.1 Å².